The molecule has 0 aliphatic rings. The standard InChI is InChI=1S/C14H18N2O2S/c1-2-3-6-11-19(17,18)16-14-10-9-12-7-4-5-8-13(12)15-14/h4-5,7-10H,2-3,6,11H2,1H3,(H,15,16). The van der Waals surface area contributed by atoms with Gasteiger partial charge in [-0.15, -0.1) is 0 Å². The summed E-state index contributed by atoms with van der Waals surface area (Å²) in [5.74, 6) is 0.533. The van der Waals surface area contributed by atoms with Gasteiger partial charge in [0.05, 0.1) is 11.3 Å². The van der Waals surface area contributed by atoms with Crippen LogP contribution in [0.5, 0.6) is 0 Å². The first kappa shape index (κ1) is 13.8. The van der Waals surface area contributed by atoms with Crippen LogP contribution in [0.3, 0.4) is 0 Å². The van der Waals surface area contributed by atoms with E-state index in [1.54, 1.807) is 6.07 Å². The second kappa shape index (κ2) is 6.02. The number of aromatic nitrogens is 1. The van der Waals surface area contributed by atoms with Gasteiger partial charge in [-0.05, 0) is 24.6 Å². The van der Waals surface area contributed by atoms with Crippen molar-refractivity contribution in [3.8, 4) is 0 Å². The molecular weight excluding hydrogens is 260 g/mol. The van der Waals surface area contributed by atoms with Gasteiger partial charge in [0, 0.05) is 5.39 Å². The Labute approximate surface area is 113 Å². The van der Waals surface area contributed by atoms with Gasteiger partial charge in [-0.2, -0.15) is 0 Å². The zero-order valence-corrected chi connectivity index (χ0v) is 11.8. The number of hydrogen-bond acceptors (Lipinski definition) is 3. The molecule has 2 aromatic rings. The summed E-state index contributed by atoms with van der Waals surface area (Å²) >= 11 is 0. The Kier molecular flexibility index (Phi) is 4.37. The van der Waals surface area contributed by atoms with E-state index >= 15 is 0 Å². The number of benzene rings is 1. The second-order valence-electron chi connectivity index (χ2n) is 4.52. The van der Waals surface area contributed by atoms with Crippen LogP contribution in [0.25, 0.3) is 10.9 Å². The molecule has 2 rings (SSSR count). The van der Waals surface area contributed by atoms with E-state index in [0.29, 0.717) is 12.2 Å². The van der Waals surface area contributed by atoms with Gasteiger partial charge in [-0.3, -0.25) is 4.72 Å². The zero-order chi connectivity index (χ0) is 13.7. The van der Waals surface area contributed by atoms with Crippen LogP contribution in [0.2, 0.25) is 0 Å². The molecule has 19 heavy (non-hydrogen) atoms. The smallest absolute Gasteiger partial charge is 0.233 e. The lowest BCUT2D eigenvalue weighted by atomic mass is 10.2. The van der Waals surface area contributed by atoms with Gasteiger partial charge < -0.3 is 0 Å². The number of nitrogens with one attached hydrogen (secondary N) is 1. The Hall–Kier alpha value is -1.62. The second-order valence-corrected chi connectivity index (χ2v) is 6.36. The highest BCUT2D eigenvalue weighted by Gasteiger charge is 2.10. The molecule has 0 bridgehead atoms. The van der Waals surface area contributed by atoms with Crippen molar-refractivity contribution in [1.82, 2.24) is 4.98 Å². The predicted octanol–water partition coefficient (Wildman–Crippen LogP) is 3.17. The number of rotatable bonds is 6. The van der Waals surface area contributed by atoms with Gasteiger partial charge in [0.2, 0.25) is 10.0 Å². The molecule has 0 aliphatic heterocycles. The molecule has 0 amide bonds. The maximum atomic E-state index is 11.9. The van der Waals surface area contributed by atoms with Crippen LogP contribution in [-0.4, -0.2) is 19.2 Å². The van der Waals surface area contributed by atoms with Crippen LogP contribution in [-0.2, 0) is 10.0 Å². The third kappa shape index (κ3) is 3.92. The maximum absolute atomic E-state index is 11.9. The quantitative estimate of drug-likeness (QED) is 0.826. The lowest BCUT2D eigenvalue weighted by Gasteiger charge is -2.07. The average molecular weight is 278 g/mol. The number of para-hydroxylation sites is 1. The van der Waals surface area contributed by atoms with Crippen LogP contribution >= 0.6 is 0 Å². The van der Waals surface area contributed by atoms with E-state index < -0.39 is 10.0 Å². The molecule has 0 spiro atoms. The molecule has 0 atom stereocenters. The van der Waals surface area contributed by atoms with Crippen LogP contribution in [0.4, 0.5) is 5.82 Å². The van der Waals surface area contributed by atoms with Crippen molar-refractivity contribution in [2.75, 3.05) is 10.5 Å². The Morgan fingerprint density at radius 2 is 1.89 bits per heavy atom. The van der Waals surface area contributed by atoms with Gasteiger partial charge in [0.15, 0.2) is 0 Å². The zero-order valence-electron chi connectivity index (χ0n) is 11.0. The first-order valence-electron chi connectivity index (χ1n) is 6.47. The van der Waals surface area contributed by atoms with E-state index in [4.69, 9.17) is 0 Å². The third-order valence-corrected chi connectivity index (χ3v) is 4.22. The fourth-order valence-electron chi connectivity index (χ4n) is 1.88. The highest BCUT2D eigenvalue weighted by Crippen LogP contribution is 2.15. The lowest BCUT2D eigenvalue weighted by molar-refractivity contribution is 0.596. The number of anilines is 1. The molecule has 102 valence electrons. The number of fused-ring (bicyclic) bond motifs is 1. The summed E-state index contributed by atoms with van der Waals surface area (Å²) in [6.45, 7) is 2.05. The minimum absolute atomic E-state index is 0.148. The minimum atomic E-state index is -3.29. The summed E-state index contributed by atoms with van der Waals surface area (Å²) in [6.07, 6.45) is 2.61. The van der Waals surface area contributed by atoms with Crippen LogP contribution in [0, 0.1) is 0 Å². The summed E-state index contributed by atoms with van der Waals surface area (Å²) in [4.78, 5) is 4.30. The molecule has 1 aromatic heterocycles. The summed E-state index contributed by atoms with van der Waals surface area (Å²) in [6, 6.07) is 11.2. The molecule has 0 unspecified atom stereocenters. The van der Waals surface area contributed by atoms with Crippen LogP contribution in [0.15, 0.2) is 36.4 Å². The molecule has 0 saturated heterocycles. The highest BCUT2D eigenvalue weighted by atomic mass is 32.2. The van der Waals surface area contributed by atoms with Crippen molar-refractivity contribution in [3.63, 3.8) is 0 Å². The van der Waals surface area contributed by atoms with Crippen molar-refractivity contribution in [1.29, 1.82) is 0 Å². The molecule has 0 aliphatic carbocycles. The van der Waals surface area contributed by atoms with Gasteiger partial charge >= 0.3 is 0 Å². The molecule has 1 aromatic carbocycles. The van der Waals surface area contributed by atoms with Crippen LogP contribution in [0.1, 0.15) is 26.2 Å². The van der Waals surface area contributed by atoms with E-state index in [1.807, 2.05) is 37.3 Å². The van der Waals surface area contributed by atoms with E-state index in [1.165, 1.54) is 0 Å². The molecule has 4 nitrogen and oxygen atoms in total. The number of hydrogen-bond donors (Lipinski definition) is 1. The largest absolute Gasteiger partial charge is 0.267 e. The van der Waals surface area contributed by atoms with Gasteiger partial charge in [-0.1, -0.05) is 38.0 Å². The topological polar surface area (TPSA) is 59.1 Å². The monoisotopic (exact) mass is 278 g/mol. The first-order chi connectivity index (χ1) is 9.11. The highest BCUT2D eigenvalue weighted by molar-refractivity contribution is 7.92. The Balaban J connectivity index is 2.12. The number of nitrogens with zero attached hydrogens (tertiary/aromatic N) is 1. The normalized spacial score (nSPS) is 11.6. The fourth-order valence-corrected chi connectivity index (χ4v) is 2.99. The molecule has 1 heterocycles. The van der Waals surface area contributed by atoms with Gasteiger partial charge in [0.1, 0.15) is 5.82 Å². The molecule has 0 saturated carbocycles. The number of unbranched alkanes of at least 4 members (excludes halogenated alkanes) is 2. The van der Waals surface area contributed by atoms with E-state index in [9.17, 15) is 8.42 Å². The van der Waals surface area contributed by atoms with Crippen molar-refractivity contribution in [3.05, 3.63) is 36.4 Å². The summed E-state index contributed by atoms with van der Waals surface area (Å²) in [5.41, 5.74) is 0.788. The van der Waals surface area contributed by atoms with E-state index in [0.717, 1.165) is 23.7 Å². The SMILES string of the molecule is CCCCCS(=O)(=O)Nc1ccc2ccccc2n1. The average Bonchev–Trinajstić information content (AvgIpc) is 2.38. The van der Waals surface area contributed by atoms with Crippen LogP contribution < -0.4 is 4.72 Å². The Morgan fingerprint density at radius 1 is 1.11 bits per heavy atom. The summed E-state index contributed by atoms with van der Waals surface area (Å²) in [7, 11) is -3.29. The van der Waals surface area contributed by atoms with E-state index in [2.05, 4.69) is 9.71 Å². The molecule has 1 N–H and O–H groups in total. The van der Waals surface area contributed by atoms with Crippen molar-refractivity contribution < 1.29 is 8.42 Å². The van der Waals surface area contributed by atoms with Gasteiger partial charge in [-0.25, -0.2) is 13.4 Å². The molecular formula is C14H18N2O2S. The third-order valence-electron chi connectivity index (χ3n) is 2.88. The van der Waals surface area contributed by atoms with Crippen molar-refractivity contribution >= 4 is 26.7 Å². The summed E-state index contributed by atoms with van der Waals surface area (Å²) in [5, 5.41) is 0.997. The summed E-state index contributed by atoms with van der Waals surface area (Å²) < 4.78 is 26.2. The maximum Gasteiger partial charge on any atom is 0.233 e. The number of pyridine rings is 1. The van der Waals surface area contributed by atoms with Crippen molar-refractivity contribution in [2.45, 2.75) is 26.2 Å². The lowest BCUT2D eigenvalue weighted by Crippen LogP contribution is -2.17. The Bertz CT molecular complexity index is 653. The molecule has 0 radical (unpaired) electrons. The fraction of sp³-hybridized carbons (Fsp3) is 0.357. The van der Waals surface area contributed by atoms with Gasteiger partial charge in [0.25, 0.3) is 0 Å². The minimum Gasteiger partial charge on any atom is -0.267 e. The first-order valence-corrected chi connectivity index (χ1v) is 8.12. The Morgan fingerprint density at radius 3 is 2.68 bits per heavy atom. The molecule has 0 fully saturated rings. The van der Waals surface area contributed by atoms with E-state index in [-0.39, 0.29) is 5.75 Å². The number of sulfonamides is 1. The molecule has 5 heteroatoms. The predicted molar refractivity (Wildman–Crippen MR) is 78.7 cm³/mol. The van der Waals surface area contributed by atoms with Crippen molar-refractivity contribution in [2.24, 2.45) is 0 Å².